The molecule has 1 fully saturated rings. The van der Waals surface area contributed by atoms with Crippen molar-refractivity contribution in [3.63, 3.8) is 0 Å². The van der Waals surface area contributed by atoms with Gasteiger partial charge in [0.05, 0.1) is 5.01 Å². The average molecular weight is 224 g/mol. The molecule has 1 saturated heterocycles. The maximum absolute atomic E-state index is 11.4. The van der Waals surface area contributed by atoms with E-state index in [0.29, 0.717) is 6.42 Å². The molecule has 2 atom stereocenters. The highest BCUT2D eigenvalue weighted by Crippen LogP contribution is 2.32. The van der Waals surface area contributed by atoms with Gasteiger partial charge in [0.2, 0.25) is 11.8 Å². The molecule has 0 aromatic carbocycles. The van der Waals surface area contributed by atoms with E-state index in [1.54, 1.807) is 0 Å². The fraction of sp³-hybridized carbons (Fsp3) is 0.500. The molecule has 1 N–H and O–H groups in total. The summed E-state index contributed by atoms with van der Waals surface area (Å²) >= 11 is 1.52. The van der Waals surface area contributed by atoms with Crippen LogP contribution in [0, 0.1) is 12.8 Å². The Balaban J connectivity index is 2.27. The minimum absolute atomic E-state index is 0.0510. The first-order valence-electron chi connectivity index (χ1n) is 4.83. The first-order chi connectivity index (χ1) is 7.08. The van der Waals surface area contributed by atoms with Crippen LogP contribution < -0.4 is 5.32 Å². The Hall–Kier alpha value is -1.23. The lowest BCUT2D eigenvalue weighted by molar-refractivity contribution is -0.136. The minimum Gasteiger partial charge on any atom is -0.296 e. The smallest absolute Gasteiger partial charge is 0.230 e. The molecular weight excluding hydrogens is 212 g/mol. The first kappa shape index (κ1) is 10.3. The second-order valence-electron chi connectivity index (χ2n) is 3.84. The second kappa shape index (κ2) is 3.73. The molecule has 5 heteroatoms. The van der Waals surface area contributed by atoms with E-state index in [1.165, 1.54) is 11.3 Å². The fourth-order valence-corrected chi connectivity index (χ4v) is 2.71. The first-order valence-corrected chi connectivity index (χ1v) is 5.71. The summed E-state index contributed by atoms with van der Waals surface area (Å²) in [5.74, 6) is -0.613. The molecule has 0 aliphatic carbocycles. The quantitative estimate of drug-likeness (QED) is 0.730. The molecule has 80 valence electrons. The van der Waals surface area contributed by atoms with E-state index in [9.17, 15) is 9.59 Å². The van der Waals surface area contributed by atoms with E-state index >= 15 is 0 Å². The fourth-order valence-electron chi connectivity index (χ4n) is 1.71. The third-order valence-electron chi connectivity index (χ3n) is 2.64. The van der Waals surface area contributed by atoms with Gasteiger partial charge in [-0.1, -0.05) is 6.92 Å². The standard InChI is InChI=1S/C10H12N2O2S/c1-5-4-15-10(11-5)7-3-8(13)12-9(14)6(7)2/h4,6-7H,3H2,1-2H3,(H,12,13,14). The molecule has 1 aromatic rings. The van der Waals surface area contributed by atoms with Gasteiger partial charge in [-0.25, -0.2) is 4.98 Å². The Morgan fingerprint density at radius 1 is 1.53 bits per heavy atom. The van der Waals surface area contributed by atoms with Gasteiger partial charge in [0.1, 0.15) is 0 Å². The monoisotopic (exact) mass is 224 g/mol. The number of aromatic nitrogens is 1. The van der Waals surface area contributed by atoms with Crippen LogP contribution in [0.15, 0.2) is 5.38 Å². The molecule has 0 radical (unpaired) electrons. The molecule has 2 heterocycles. The van der Waals surface area contributed by atoms with Crippen LogP contribution in [0.5, 0.6) is 0 Å². The number of piperidine rings is 1. The lowest BCUT2D eigenvalue weighted by Gasteiger charge is -2.25. The van der Waals surface area contributed by atoms with E-state index in [2.05, 4.69) is 10.3 Å². The zero-order valence-corrected chi connectivity index (χ0v) is 9.43. The lowest BCUT2D eigenvalue weighted by atomic mass is 9.87. The summed E-state index contributed by atoms with van der Waals surface area (Å²) in [4.78, 5) is 27.0. The summed E-state index contributed by atoms with van der Waals surface area (Å²) in [6, 6.07) is 0. The van der Waals surface area contributed by atoms with Crippen molar-refractivity contribution in [1.29, 1.82) is 0 Å². The van der Waals surface area contributed by atoms with Gasteiger partial charge in [0.25, 0.3) is 0 Å². The van der Waals surface area contributed by atoms with E-state index in [1.807, 2.05) is 19.2 Å². The van der Waals surface area contributed by atoms with Crippen LogP contribution in [-0.4, -0.2) is 16.8 Å². The van der Waals surface area contributed by atoms with Gasteiger partial charge in [0, 0.05) is 29.3 Å². The number of nitrogens with zero attached hydrogens (tertiary/aromatic N) is 1. The van der Waals surface area contributed by atoms with Crippen molar-refractivity contribution in [3.05, 3.63) is 16.1 Å². The number of hydrogen-bond donors (Lipinski definition) is 1. The van der Waals surface area contributed by atoms with Crippen molar-refractivity contribution in [2.45, 2.75) is 26.2 Å². The summed E-state index contributed by atoms with van der Waals surface area (Å²) in [6.45, 7) is 3.75. The molecule has 15 heavy (non-hydrogen) atoms. The molecular formula is C10H12N2O2S. The van der Waals surface area contributed by atoms with Crippen molar-refractivity contribution < 1.29 is 9.59 Å². The van der Waals surface area contributed by atoms with Gasteiger partial charge in [-0.15, -0.1) is 11.3 Å². The Morgan fingerprint density at radius 2 is 2.27 bits per heavy atom. The zero-order valence-electron chi connectivity index (χ0n) is 8.61. The van der Waals surface area contributed by atoms with E-state index < -0.39 is 0 Å². The number of aryl methyl sites for hydroxylation is 1. The number of rotatable bonds is 1. The van der Waals surface area contributed by atoms with E-state index in [4.69, 9.17) is 0 Å². The highest BCUT2D eigenvalue weighted by atomic mass is 32.1. The van der Waals surface area contributed by atoms with Gasteiger partial charge >= 0.3 is 0 Å². The van der Waals surface area contributed by atoms with Gasteiger partial charge in [-0.05, 0) is 6.92 Å². The Morgan fingerprint density at radius 3 is 2.87 bits per heavy atom. The van der Waals surface area contributed by atoms with Crippen LogP contribution in [0.2, 0.25) is 0 Å². The number of hydrogen-bond acceptors (Lipinski definition) is 4. The van der Waals surface area contributed by atoms with Crippen LogP contribution in [0.1, 0.15) is 30.0 Å². The van der Waals surface area contributed by atoms with Gasteiger partial charge in [-0.2, -0.15) is 0 Å². The third kappa shape index (κ3) is 1.92. The molecule has 0 bridgehead atoms. The number of thiazole rings is 1. The summed E-state index contributed by atoms with van der Waals surface area (Å²) < 4.78 is 0. The predicted molar refractivity (Wildman–Crippen MR) is 56.5 cm³/mol. The van der Waals surface area contributed by atoms with Crippen LogP contribution >= 0.6 is 11.3 Å². The molecule has 1 aliphatic rings. The molecule has 4 nitrogen and oxygen atoms in total. The summed E-state index contributed by atoms with van der Waals surface area (Å²) in [5.41, 5.74) is 0.945. The van der Waals surface area contributed by atoms with E-state index in [0.717, 1.165) is 10.7 Å². The zero-order chi connectivity index (χ0) is 11.0. The topological polar surface area (TPSA) is 59.1 Å². The summed E-state index contributed by atoms with van der Waals surface area (Å²) in [6.07, 6.45) is 0.361. The largest absolute Gasteiger partial charge is 0.296 e. The van der Waals surface area contributed by atoms with Crippen molar-refractivity contribution in [3.8, 4) is 0 Å². The maximum Gasteiger partial charge on any atom is 0.230 e. The Labute approximate surface area is 91.7 Å². The van der Waals surface area contributed by atoms with Crippen LogP contribution in [-0.2, 0) is 9.59 Å². The highest BCUT2D eigenvalue weighted by molar-refractivity contribution is 7.09. The van der Waals surface area contributed by atoms with Crippen LogP contribution in [0.25, 0.3) is 0 Å². The molecule has 2 rings (SSSR count). The predicted octanol–water partition coefficient (Wildman–Crippen LogP) is 1.22. The van der Waals surface area contributed by atoms with Crippen LogP contribution in [0.3, 0.4) is 0 Å². The molecule has 2 amide bonds. The average Bonchev–Trinajstić information content (AvgIpc) is 2.58. The second-order valence-corrected chi connectivity index (χ2v) is 4.73. The number of imide groups is 1. The molecule has 2 unspecified atom stereocenters. The summed E-state index contributed by atoms with van der Waals surface area (Å²) in [5, 5.41) is 5.17. The molecule has 1 aromatic heterocycles. The lowest BCUT2D eigenvalue weighted by Crippen LogP contribution is -2.43. The van der Waals surface area contributed by atoms with Crippen molar-refractivity contribution in [2.24, 2.45) is 5.92 Å². The molecule has 1 aliphatic heterocycles. The van der Waals surface area contributed by atoms with Gasteiger partial charge in [-0.3, -0.25) is 14.9 Å². The minimum atomic E-state index is -0.198. The van der Waals surface area contributed by atoms with Crippen LogP contribution in [0.4, 0.5) is 0 Å². The number of carbonyl (C=O) groups excluding carboxylic acids is 2. The number of nitrogens with one attached hydrogen (secondary N) is 1. The maximum atomic E-state index is 11.4. The van der Waals surface area contributed by atoms with Crippen molar-refractivity contribution in [2.75, 3.05) is 0 Å². The van der Waals surface area contributed by atoms with Crippen molar-refractivity contribution >= 4 is 23.2 Å². The van der Waals surface area contributed by atoms with Crippen molar-refractivity contribution in [1.82, 2.24) is 10.3 Å². The SMILES string of the molecule is Cc1csc(C2CC(=O)NC(=O)C2C)n1. The van der Waals surface area contributed by atoms with Gasteiger partial charge in [0.15, 0.2) is 0 Å². The number of amides is 2. The van der Waals surface area contributed by atoms with E-state index in [-0.39, 0.29) is 23.7 Å². The number of carbonyl (C=O) groups is 2. The van der Waals surface area contributed by atoms with Gasteiger partial charge < -0.3 is 0 Å². The Kier molecular flexibility index (Phi) is 2.56. The molecule has 0 saturated carbocycles. The third-order valence-corrected chi connectivity index (χ3v) is 3.73. The normalized spacial score (nSPS) is 26.5. The Bertz CT molecular complexity index is 413. The highest BCUT2D eigenvalue weighted by Gasteiger charge is 2.35. The molecule has 0 spiro atoms. The summed E-state index contributed by atoms with van der Waals surface area (Å²) in [7, 11) is 0.